The van der Waals surface area contributed by atoms with Crippen LogP contribution in [0.3, 0.4) is 0 Å². The highest BCUT2D eigenvalue weighted by atomic mass is 35.5. The van der Waals surface area contributed by atoms with Gasteiger partial charge in [0.05, 0.1) is 10.9 Å². The summed E-state index contributed by atoms with van der Waals surface area (Å²) in [6.45, 7) is 4.54. The zero-order valence-electron chi connectivity index (χ0n) is 16.4. The Hall–Kier alpha value is -2.08. The van der Waals surface area contributed by atoms with Gasteiger partial charge < -0.3 is 9.94 Å². The Balaban J connectivity index is 0.00000300. The summed E-state index contributed by atoms with van der Waals surface area (Å²) in [5.41, 5.74) is 3.58. The van der Waals surface area contributed by atoms with Crippen LogP contribution < -0.4 is 0 Å². The van der Waals surface area contributed by atoms with Gasteiger partial charge in [0.2, 0.25) is 0 Å². The second-order valence-corrected chi connectivity index (χ2v) is 7.45. The molecule has 1 saturated heterocycles. The molecule has 0 spiro atoms. The predicted octanol–water partition coefficient (Wildman–Crippen LogP) is 4.64. The number of halogens is 2. The van der Waals surface area contributed by atoms with Crippen LogP contribution in [-0.2, 0) is 9.63 Å². The number of carboxylic acid groups (broad SMARTS) is 1. The Morgan fingerprint density at radius 3 is 2.59 bits per heavy atom. The second kappa shape index (κ2) is 11.2. The van der Waals surface area contributed by atoms with E-state index >= 15 is 0 Å². The van der Waals surface area contributed by atoms with Crippen molar-refractivity contribution < 1.29 is 14.7 Å². The molecule has 1 aliphatic heterocycles. The number of piperidine rings is 1. The summed E-state index contributed by atoms with van der Waals surface area (Å²) in [4.78, 5) is 19.0. The smallest absolute Gasteiger partial charge is 0.307 e. The van der Waals surface area contributed by atoms with E-state index in [2.05, 4.69) is 10.1 Å². The maximum Gasteiger partial charge on any atom is 0.307 e. The van der Waals surface area contributed by atoms with Crippen molar-refractivity contribution in [3.05, 3.63) is 70.2 Å². The van der Waals surface area contributed by atoms with Crippen molar-refractivity contribution in [3.63, 3.8) is 0 Å². The summed E-state index contributed by atoms with van der Waals surface area (Å²) in [6, 6.07) is 15.6. The average molecular weight is 437 g/mol. The van der Waals surface area contributed by atoms with Crippen LogP contribution in [0.15, 0.2) is 53.7 Å². The number of hydrogen-bond acceptors (Lipinski definition) is 4. The Morgan fingerprint density at radius 1 is 1.21 bits per heavy atom. The van der Waals surface area contributed by atoms with Crippen molar-refractivity contribution >= 4 is 35.7 Å². The fourth-order valence-corrected chi connectivity index (χ4v) is 3.70. The minimum absolute atomic E-state index is 0. The van der Waals surface area contributed by atoms with Crippen molar-refractivity contribution in [1.29, 1.82) is 0 Å². The van der Waals surface area contributed by atoms with Crippen molar-refractivity contribution in [2.45, 2.75) is 19.8 Å². The van der Waals surface area contributed by atoms with Crippen LogP contribution in [0.25, 0.3) is 0 Å². The lowest BCUT2D eigenvalue weighted by Gasteiger charge is -2.30. The Labute approximate surface area is 182 Å². The molecule has 1 heterocycles. The number of likely N-dealkylation sites (tertiary alicyclic amines) is 1. The molecule has 7 heteroatoms. The quantitative estimate of drug-likeness (QED) is 0.390. The van der Waals surface area contributed by atoms with Crippen LogP contribution in [0, 0.1) is 12.8 Å². The summed E-state index contributed by atoms with van der Waals surface area (Å²) in [5.74, 6) is -1.01. The molecule has 0 saturated carbocycles. The van der Waals surface area contributed by atoms with E-state index in [1.807, 2.05) is 55.5 Å². The number of aryl methyl sites for hydroxylation is 1. The maximum absolute atomic E-state index is 11.2. The van der Waals surface area contributed by atoms with Gasteiger partial charge in [0.15, 0.2) is 0 Å². The fraction of sp³-hybridized carbons (Fsp3) is 0.364. The third kappa shape index (κ3) is 6.20. The van der Waals surface area contributed by atoms with E-state index in [9.17, 15) is 9.90 Å². The Morgan fingerprint density at radius 2 is 1.90 bits per heavy atom. The summed E-state index contributed by atoms with van der Waals surface area (Å²) in [5, 5.41) is 14.2. The molecule has 0 amide bonds. The molecule has 5 nitrogen and oxygen atoms in total. The number of aliphatic carboxylic acids is 1. The van der Waals surface area contributed by atoms with Crippen LogP contribution in [0.2, 0.25) is 5.02 Å². The topological polar surface area (TPSA) is 62.1 Å². The minimum atomic E-state index is -0.718. The first-order valence-electron chi connectivity index (χ1n) is 9.52. The highest BCUT2D eigenvalue weighted by Crippen LogP contribution is 2.22. The van der Waals surface area contributed by atoms with Gasteiger partial charge in [0, 0.05) is 24.2 Å². The van der Waals surface area contributed by atoms with Crippen molar-refractivity contribution in [3.8, 4) is 0 Å². The maximum atomic E-state index is 11.2. The zero-order valence-corrected chi connectivity index (χ0v) is 18.0. The summed E-state index contributed by atoms with van der Waals surface area (Å²) < 4.78 is 0. The lowest BCUT2D eigenvalue weighted by molar-refractivity contribution is -0.143. The molecule has 0 radical (unpaired) electrons. The molecule has 156 valence electrons. The van der Waals surface area contributed by atoms with Crippen LogP contribution in [0.4, 0.5) is 0 Å². The Kier molecular flexibility index (Phi) is 8.96. The highest BCUT2D eigenvalue weighted by molar-refractivity contribution is 6.35. The van der Waals surface area contributed by atoms with Gasteiger partial charge >= 0.3 is 5.97 Å². The van der Waals surface area contributed by atoms with Crippen LogP contribution >= 0.6 is 24.0 Å². The van der Waals surface area contributed by atoms with Gasteiger partial charge in [-0.3, -0.25) is 9.69 Å². The molecule has 1 aliphatic rings. The van der Waals surface area contributed by atoms with E-state index in [4.69, 9.17) is 16.4 Å². The molecule has 1 fully saturated rings. The standard InChI is InChI=1S/C22H25ClN2O3.ClH/c1-16-7-2-3-9-18(16)21(19-10-4-5-11-20(19)23)24-28-14-13-25-12-6-8-17(15-25)22(26)27;/h2-5,7,9-11,17H,6,8,12-15H2,1H3,(H,26,27);1H/b24-21+;. The first-order valence-corrected chi connectivity index (χ1v) is 9.90. The van der Waals surface area contributed by atoms with Crippen molar-refractivity contribution in [2.24, 2.45) is 11.1 Å². The molecule has 0 bridgehead atoms. The van der Waals surface area contributed by atoms with E-state index in [0.717, 1.165) is 36.1 Å². The molecule has 2 aromatic carbocycles. The molecule has 1 N–H and O–H groups in total. The normalized spacial score (nSPS) is 17.4. The van der Waals surface area contributed by atoms with Gasteiger partial charge in [-0.15, -0.1) is 12.4 Å². The van der Waals surface area contributed by atoms with Gasteiger partial charge in [-0.05, 0) is 37.9 Å². The molecule has 29 heavy (non-hydrogen) atoms. The van der Waals surface area contributed by atoms with Crippen LogP contribution in [0.1, 0.15) is 29.5 Å². The minimum Gasteiger partial charge on any atom is -0.481 e. The first kappa shape index (κ1) is 23.2. The third-order valence-corrected chi connectivity index (χ3v) is 5.37. The fourth-order valence-electron chi connectivity index (χ4n) is 3.48. The van der Waals surface area contributed by atoms with Crippen molar-refractivity contribution in [2.75, 3.05) is 26.2 Å². The van der Waals surface area contributed by atoms with Gasteiger partial charge in [-0.25, -0.2) is 0 Å². The monoisotopic (exact) mass is 436 g/mol. The molecule has 3 rings (SSSR count). The Bertz CT molecular complexity index is 810. The predicted molar refractivity (Wildman–Crippen MR) is 118 cm³/mol. The largest absolute Gasteiger partial charge is 0.481 e. The number of carbonyl (C=O) groups is 1. The highest BCUT2D eigenvalue weighted by Gasteiger charge is 2.25. The summed E-state index contributed by atoms with van der Waals surface area (Å²) in [6.07, 6.45) is 1.64. The van der Waals surface area contributed by atoms with Crippen molar-refractivity contribution in [1.82, 2.24) is 4.90 Å². The SMILES string of the molecule is Cc1ccccc1/C(=N\OCCN1CCCC(C(=O)O)C1)c1ccccc1Cl.Cl. The number of rotatable bonds is 7. The van der Waals surface area contributed by atoms with E-state index < -0.39 is 5.97 Å². The van der Waals surface area contributed by atoms with E-state index in [-0.39, 0.29) is 18.3 Å². The lowest BCUT2D eigenvalue weighted by atomic mass is 9.98. The van der Waals surface area contributed by atoms with E-state index in [0.29, 0.717) is 30.4 Å². The lowest BCUT2D eigenvalue weighted by Crippen LogP contribution is -2.40. The van der Waals surface area contributed by atoms with E-state index in [1.165, 1.54) is 0 Å². The third-order valence-electron chi connectivity index (χ3n) is 5.04. The van der Waals surface area contributed by atoms with E-state index in [1.54, 1.807) is 0 Å². The van der Waals surface area contributed by atoms with Crippen LogP contribution in [0.5, 0.6) is 0 Å². The molecular weight excluding hydrogens is 411 g/mol. The second-order valence-electron chi connectivity index (χ2n) is 7.05. The molecule has 0 aromatic heterocycles. The summed E-state index contributed by atoms with van der Waals surface area (Å²) >= 11 is 6.40. The van der Waals surface area contributed by atoms with Crippen LogP contribution in [-0.4, -0.2) is 47.9 Å². The summed E-state index contributed by atoms with van der Waals surface area (Å²) in [7, 11) is 0. The number of hydrogen-bond donors (Lipinski definition) is 1. The molecule has 0 aliphatic carbocycles. The number of oxime groups is 1. The van der Waals surface area contributed by atoms with Gasteiger partial charge in [-0.2, -0.15) is 0 Å². The number of nitrogens with zero attached hydrogens (tertiary/aromatic N) is 2. The van der Waals surface area contributed by atoms with Gasteiger partial charge in [0.1, 0.15) is 12.3 Å². The first-order chi connectivity index (χ1) is 13.6. The molecule has 1 unspecified atom stereocenters. The number of carboxylic acids is 1. The molecular formula is C22H26Cl2N2O3. The number of benzene rings is 2. The average Bonchev–Trinajstić information content (AvgIpc) is 2.70. The van der Waals surface area contributed by atoms with Gasteiger partial charge in [0.25, 0.3) is 0 Å². The zero-order chi connectivity index (χ0) is 19.9. The molecule has 1 atom stereocenters. The van der Waals surface area contributed by atoms with Gasteiger partial charge in [-0.1, -0.05) is 59.2 Å². The molecule has 2 aromatic rings.